The van der Waals surface area contributed by atoms with E-state index < -0.39 is 0 Å². The molecule has 0 saturated heterocycles. The first-order valence-electron chi connectivity index (χ1n) is 6.61. The maximum atomic E-state index is 11.4. The predicted molar refractivity (Wildman–Crippen MR) is 74.0 cm³/mol. The van der Waals surface area contributed by atoms with Crippen molar-refractivity contribution in [2.24, 2.45) is 0 Å². The highest BCUT2D eigenvalue weighted by atomic mass is 16.5. The van der Waals surface area contributed by atoms with Gasteiger partial charge in [0, 0.05) is 13.0 Å². The number of nitrogens with one attached hydrogen (secondary N) is 1. The van der Waals surface area contributed by atoms with Crippen molar-refractivity contribution in [3.63, 3.8) is 0 Å². The molecule has 4 nitrogen and oxygen atoms in total. The number of rotatable bonds is 7. The van der Waals surface area contributed by atoms with Crippen LogP contribution in [0.4, 0.5) is 0 Å². The maximum absolute atomic E-state index is 11.4. The van der Waals surface area contributed by atoms with Crippen molar-refractivity contribution in [1.82, 2.24) is 5.32 Å². The fourth-order valence-electron chi connectivity index (χ4n) is 1.70. The van der Waals surface area contributed by atoms with Gasteiger partial charge in [-0.15, -0.1) is 0 Å². The molecule has 1 amide bonds. The Labute approximate surface area is 114 Å². The van der Waals surface area contributed by atoms with Gasteiger partial charge >= 0.3 is 5.97 Å². The second kappa shape index (κ2) is 8.29. The Hall–Kier alpha value is -1.84. The van der Waals surface area contributed by atoms with Crippen molar-refractivity contribution in [3.8, 4) is 0 Å². The van der Waals surface area contributed by atoms with Crippen LogP contribution in [0.2, 0.25) is 0 Å². The average molecular weight is 263 g/mol. The molecule has 0 saturated carbocycles. The minimum atomic E-state index is -0.334. The Kier molecular flexibility index (Phi) is 6.64. The molecule has 0 aliphatic heterocycles. The molecule has 0 aliphatic rings. The van der Waals surface area contributed by atoms with Crippen LogP contribution < -0.4 is 5.32 Å². The van der Waals surface area contributed by atoms with Gasteiger partial charge in [0.05, 0.1) is 12.7 Å². The zero-order valence-electron chi connectivity index (χ0n) is 11.6. The molecular weight excluding hydrogens is 242 g/mol. The van der Waals surface area contributed by atoms with Gasteiger partial charge in [-0.2, -0.15) is 0 Å². The van der Waals surface area contributed by atoms with Crippen LogP contribution in [-0.4, -0.2) is 25.5 Å². The lowest BCUT2D eigenvalue weighted by molar-refractivity contribution is -0.121. The summed E-state index contributed by atoms with van der Waals surface area (Å²) in [6.07, 6.45) is 3.32. The second-order valence-corrected chi connectivity index (χ2v) is 4.39. The summed E-state index contributed by atoms with van der Waals surface area (Å²) in [4.78, 5) is 22.7. The molecule has 1 aromatic rings. The largest absolute Gasteiger partial charge is 0.465 e. The van der Waals surface area contributed by atoms with Gasteiger partial charge in [0.2, 0.25) is 5.91 Å². The minimum absolute atomic E-state index is 0.105. The van der Waals surface area contributed by atoms with Gasteiger partial charge in [-0.3, -0.25) is 4.79 Å². The van der Waals surface area contributed by atoms with E-state index in [-0.39, 0.29) is 11.9 Å². The minimum Gasteiger partial charge on any atom is -0.465 e. The SMILES string of the molecule is CCCCC(=O)NCCc1ccc(C(=O)OC)cc1. The molecular formula is C15H21NO3. The van der Waals surface area contributed by atoms with Crippen LogP contribution >= 0.6 is 0 Å². The number of unbranched alkanes of at least 4 members (excludes halogenated alkanes) is 1. The molecule has 1 N–H and O–H groups in total. The Morgan fingerprint density at radius 1 is 1.21 bits per heavy atom. The van der Waals surface area contributed by atoms with Gasteiger partial charge in [0.25, 0.3) is 0 Å². The topological polar surface area (TPSA) is 55.4 Å². The van der Waals surface area contributed by atoms with E-state index in [1.54, 1.807) is 12.1 Å². The predicted octanol–water partition coefficient (Wildman–Crippen LogP) is 2.32. The number of hydrogen-bond acceptors (Lipinski definition) is 3. The van der Waals surface area contributed by atoms with Crippen LogP contribution in [0.1, 0.15) is 42.1 Å². The summed E-state index contributed by atoms with van der Waals surface area (Å²) < 4.78 is 4.63. The highest BCUT2D eigenvalue weighted by Crippen LogP contribution is 2.06. The second-order valence-electron chi connectivity index (χ2n) is 4.39. The van der Waals surface area contributed by atoms with Crippen molar-refractivity contribution in [3.05, 3.63) is 35.4 Å². The first-order chi connectivity index (χ1) is 9.17. The maximum Gasteiger partial charge on any atom is 0.337 e. The first kappa shape index (κ1) is 15.2. The highest BCUT2D eigenvalue weighted by Gasteiger charge is 2.04. The third-order valence-corrected chi connectivity index (χ3v) is 2.87. The number of carbonyl (C=O) groups excluding carboxylic acids is 2. The lowest BCUT2D eigenvalue weighted by Crippen LogP contribution is -2.25. The summed E-state index contributed by atoms with van der Waals surface area (Å²) in [6, 6.07) is 7.23. The van der Waals surface area contributed by atoms with E-state index in [2.05, 4.69) is 17.0 Å². The standard InChI is InChI=1S/C15H21NO3/c1-3-4-5-14(17)16-11-10-12-6-8-13(9-7-12)15(18)19-2/h6-9H,3-5,10-11H2,1-2H3,(H,16,17). The van der Waals surface area contributed by atoms with Crippen molar-refractivity contribution >= 4 is 11.9 Å². The van der Waals surface area contributed by atoms with E-state index in [1.165, 1.54) is 7.11 Å². The zero-order chi connectivity index (χ0) is 14.1. The average Bonchev–Trinajstić information content (AvgIpc) is 2.45. The van der Waals surface area contributed by atoms with Gasteiger partial charge in [0.15, 0.2) is 0 Å². The Morgan fingerprint density at radius 2 is 1.89 bits per heavy atom. The molecule has 0 fully saturated rings. The lowest BCUT2D eigenvalue weighted by atomic mass is 10.1. The molecule has 0 aromatic heterocycles. The van der Waals surface area contributed by atoms with E-state index in [9.17, 15) is 9.59 Å². The van der Waals surface area contributed by atoms with Crippen molar-refractivity contribution in [1.29, 1.82) is 0 Å². The molecule has 0 bridgehead atoms. The smallest absolute Gasteiger partial charge is 0.337 e. The van der Waals surface area contributed by atoms with Crippen molar-refractivity contribution < 1.29 is 14.3 Å². The molecule has 0 heterocycles. The number of methoxy groups -OCH3 is 1. The molecule has 1 rings (SSSR count). The molecule has 0 atom stereocenters. The number of hydrogen-bond donors (Lipinski definition) is 1. The fourth-order valence-corrected chi connectivity index (χ4v) is 1.70. The molecule has 104 valence electrons. The van der Waals surface area contributed by atoms with Gasteiger partial charge in [-0.1, -0.05) is 25.5 Å². The molecule has 19 heavy (non-hydrogen) atoms. The number of carbonyl (C=O) groups is 2. The van der Waals surface area contributed by atoms with Crippen LogP contribution in [0.5, 0.6) is 0 Å². The lowest BCUT2D eigenvalue weighted by Gasteiger charge is -2.05. The van der Waals surface area contributed by atoms with Crippen LogP contribution in [0, 0.1) is 0 Å². The van der Waals surface area contributed by atoms with Gasteiger partial charge in [-0.05, 0) is 30.5 Å². The summed E-state index contributed by atoms with van der Waals surface area (Å²) in [7, 11) is 1.36. The van der Waals surface area contributed by atoms with Crippen LogP contribution in [0.15, 0.2) is 24.3 Å². The molecule has 0 aliphatic carbocycles. The molecule has 4 heteroatoms. The number of amides is 1. The Bertz CT molecular complexity index is 412. The van der Waals surface area contributed by atoms with E-state index in [4.69, 9.17) is 0 Å². The summed E-state index contributed by atoms with van der Waals surface area (Å²) >= 11 is 0. The summed E-state index contributed by atoms with van der Waals surface area (Å²) in [5.74, 6) is -0.229. The monoisotopic (exact) mass is 263 g/mol. The van der Waals surface area contributed by atoms with Crippen molar-refractivity contribution in [2.75, 3.05) is 13.7 Å². The zero-order valence-corrected chi connectivity index (χ0v) is 11.6. The molecule has 0 unspecified atom stereocenters. The van der Waals surface area contributed by atoms with Gasteiger partial charge < -0.3 is 10.1 Å². The molecule has 0 radical (unpaired) electrons. The van der Waals surface area contributed by atoms with Crippen molar-refractivity contribution in [2.45, 2.75) is 32.6 Å². The normalized spacial score (nSPS) is 10.0. The van der Waals surface area contributed by atoms with E-state index in [0.29, 0.717) is 18.5 Å². The van der Waals surface area contributed by atoms with E-state index in [1.807, 2.05) is 12.1 Å². The van der Waals surface area contributed by atoms with Crippen LogP contribution in [-0.2, 0) is 16.0 Å². The molecule has 1 aromatic carbocycles. The van der Waals surface area contributed by atoms with Gasteiger partial charge in [0.1, 0.15) is 0 Å². The van der Waals surface area contributed by atoms with E-state index in [0.717, 1.165) is 24.8 Å². The number of ether oxygens (including phenoxy) is 1. The number of esters is 1. The van der Waals surface area contributed by atoms with E-state index >= 15 is 0 Å². The summed E-state index contributed by atoms with van der Waals surface area (Å²) in [5.41, 5.74) is 1.63. The Morgan fingerprint density at radius 3 is 2.47 bits per heavy atom. The van der Waals surface area contributed by atoms with Crippen LogP contribution in [0.3, 0.4) is 0 Å². The third-order valence-electron chi connectivity index (χ3n) is 2.87. The fraction of sp³-hybridized carbons (Fsp3) is 0.467. The van der Waals surface area contributed by atoms with Gasteiger partial charge in [-0.25, -0.2) is 4.79 Å². The van der Waals surface area contributed by atoms with Crippen LogP contribution in [0.25, 0.3) is 0 Å². The number of benzene rings is 1. The third kappa shape index (κ3) is 5.55. The highest BCUT2D eigenvalue weighted by molar-refractivity contribution is 5.89. The first-order valence-corrected chi connectivity index (χ1v) is 6.61. The quantitative estimate of drug-likeness (QED) is 0.768. The summed E-state index contributed by atoms with van der Waals surface area (Å²) in [5, 5.41) is 2.88. The molecule has 0 spiro atoms. The summed E-state index contributed by atoms with van der Waals surface area (Å²) in [6.45, 7) is 2.69. The Balaban J connectivity index is 2.34.